The fourth-order valence-electron chi connectivity index (χ4n) is 3.11. The summed E-state index contributed by atoms with van der Waals surface area (Å²) in [5.41, 5.74) is 2.50. The number of aromatic amines is 1. The highest BCUT2D eigenvalue weighted by Gasteiger charge is 2.14. The van der Waals surface area contributed by atoms with Crippen LogP contribution < -0.4 is 10.6 Å². The second kappa shape index (κ2) is 9.44. The Morgan fingerprint density at radius 2 is 2.20 bits per heavy atom. The van der Waals surface area contributed by atoms with E-state index in [1.54, 1.807) is 7.05 Å². The average Bonchev–Trinajstić information content (AvgIpc) is 3.30. The normalized spacial score (nSPS) is 18.0. The summed E-state index contributed by atoms with van der Waals surface area (Å²) in [5.74, 6) is 0.806. The molecule has 1 aromatic carbocycles. The fraction of sp³-hybridized carbons (Fsp3) is 0.526. The van der Waals surface area contributed by atoms with Gasteiger partial charge >= 0.3 is 0 Å². The van der Waals surface area contributed by atoms with Crippen molar-refractivity contribution in [1.29, 1.82) is 0 Å². The Hall–Kier alpha value is -2.05. The minimum absolute atomic E-state index is 0.286. The molecule has 1 fully saturated rings. The van der Waals surface area contributed by atoms with Gasteiger partial charge in [0.1, 0.15) is 0 Å². The molecule has 0 radical (unpaired) electrons. The van der Waals surface area contributed by atoms with Crippen LogP contribution in [0, 0.1) is 0 Å². The lowest BCUT2D eigenvalue weighted by Crippen LogP contribution is -2.40. The summed E-state index contributed by atoms with van der Waals surface area (Å²) in [6.07, 6.45) is 5.58. The molecule has 0 aliphatic carbocycles. The number of hydrogen-bond acceptors (Lipinski definition) is 3. The number of guanidine groups is 1. The molecule has 1 aromatic heterocycles. The highest BCUT2D eigenvalue weighted by Crippen LogP contribution is 2.17. The minimum atomic E-state index is 0.286. The van der Waals surface area contributed by atoms with Gasteiger partial charge in [-0.1, -0.05) is 18.2 Å². The van der Waals surface area contributed by atoms with Crippen molar-refractivity contribution >= 4 is 16.9 Å². The van der Waals surface area contributed by atoms with Gasteiger partial charge in [-0.2, -0.15) is 0 Å². The van der Waals surface area contributed by atoms with Crippen molar-refractivity contribution in [2.45, 2.75) is 25.4 Å². The molecule has 2 heterocycles. The van der Waals surface area contributed by atoms with Crippen LogP contribution in [-0.2, 0) is 15.9 Å². The van der Waals surface area contributed by atoms with Gasteiger partial charge in [0.15, 0.2) is 5.96 Å². The molecule has 2 aromatic rings. The van der Waals surface area contributed by atoms with E-state index in [4.69, 9.17) is 9.47 Å². The molecule has 1 saturated heterocycles. The zero-order valence-corrected chi connectivity index (χ0v) is 14.9. The van der Waals surface area contributed by atoms with Crippen molar-refractivity contribution in [2.75, 3.05) is 40.0 Å². The number of fused-ring (bicyclic) bond motifs is 1. The summed E-state index contributed by atoms with van der Waals surface area (Å²) in [4.78, 5) is 7.56. The van der Waals surface area contributed by atoms with Crippen LogP contribution in [0.2, 0.25) is 0 Å². The zero-order valence-electron chi connectivity index (χ0n) is 14.9. The molecule has 25 heavy (non-hydrogen) atoms. The van der Waals surface area contributed by atoms with Gasteiger partial charge in [-0.25, -0.2) is 0 Å². The van der Waals surface area contributed by atoms with E-state index in [1.165, 1.54) is 16.5 Å². The van der Waals surface area contributed by atoms with Gasteiger partial charge in [-0.05, 0) is 30.9 Å². The van der Waals surface area contributed by atoms with E-state index in [2.05, 4.69) is 45.0 Å². The highest BCUT2D eigenvalue weighted by molar-refractivity contribution is 5.83. The number of aromatic nitrogens is 1. The maximum absolute atomic E-state index is 5.65. The first-order valence-electron chi connectivity index (χ1n) is 9.05. The monoisotopic (exact) mass is 344 g/mol. The number of aliphatic imine (C=N–C) groups is 1. The van der Waals surface area contributed by atoms with Gasteiger partial charge in [-0.3, -0.25) is 4.99 Å². The van der Waals surface area contributed by atoms with E-state index in [-0.39, 0.29) is 6.10 Å². The molecule has 0 bridgehead atoms. The Kier molecular flexibility index (Phi) is 6.71. The van der Waals surface area contributed by atoms with Crippen LogP contribution in [-0.4, -0.2) is 57.0 Å². The highest BCUT2D eigenvalue weighted by atomic mass is 16.5. The lowest BCUT2D eigenvalue weighted by molar-refractivity contribution is 0.0191. The van der Waals surface area contributed by atoms with Crippen molar-refractivity contribution in [3.05, 3.63) is 36.0 Å². The molecule has 0 amide bonds. The van der Waals surface area contributed by atoms with Crippen molar-refractivity contribution in [2.24, 2.45) is 4.99 Å². The Morgan fingerprint density at radius 1 is 1.32 bits per heavy atom. The summed E-state index contributed by atoms with van der Waals surface area (Å²) in [7, 11) is 1.79. The van der Waals surface area contributed by atoms with Crippen LogP contribution in [0.25, 0.3) is 10.9 Å². The van der Waals surface area contributed by atoms with Crippen molar-refractivity contribution in [1.82, 2.24) is 15.6 Å². The van der Waals surface area contributed by atoms with Gasteiger partial charge in [0.05, 0.1) is 19.3 Å². The first-order valence-corrected chi connectivity index (χ1v) is 9.05. The number of para-hydroxylation sites is 1. The Balaban J connectivity index is 1.32. The Labute approximate surface area is 149 Å². The van der Waals surface area contributed by atoms with Gasteiger partial charge in [0.25, 0.3) is 0 Å². The molecule has 3 rings (SSSR count). The van der Waals surface area contributed by atoms with E-state index < -0.39 is 0 Å². The summed E-state index contributed by atoms with van der Waals surface area (Å²) < 4.78 is 11.2. The molecule has 0 saturated carbocycles. The topological polar surface area (TPSA) is 70.7 Å². The first kappa shape index (κ1) is 17.8. The van der Waals surface area contributed by atoms with Crippen molar-refractivity contribution in [3.63, 3.8) is 0 Å². The van der Waals surface area contributed by atoms with E-state index in [1.807, 2.05) is 6.07 Å². The smallest absolute Gasteiger partial charge is 0.191 e. The lowest BCUT2D eigenvalue weighted by Gasteiger charge is -2.13. The van der Waals surface area contributed by atoms with Crippen LogP contribution in [0.1, 0.15) is 18.4 Å². The van der Waals surface area contributed by atoms with E-state index >= 15 is 0 Å². The SMILES string of the molecule is CN=C(NCCOCC1CCCO1)NCCc1c[nH]c2ccccc12. The summed E-state index contributed by atoms with van der Waals surface area (Å²) in [5, 5.41) is 7.91. The van der Waals surface area contributed by atoms with Crippen molar-refractivity contribution < 1.29 is 9.47 Å². The van der Waals surface area contributed by atoms with Crippen LogP contribution in [0.3, 0.4) is 0 Å². The molecule has 136 valence electrons. The maximum Gasteiger partial charge on any atom is 0.191 e. The molecule has 1 unspecified atom stereocenters. The predicted molar refractivity (Wildman–Crippen MR) is 101 cm³/mol. The molecular weight excluding hydrogens is 316 g/mol. The van der Waals surface area contributed by atoms with Crippen LogP contribution in [0.15, 0.2) is 35.5 Å². The molecule has 6 heteroatoms. The summed E-state index contributed by atoms with van der Waals surface area (Å²) >= 11 is 0. The van der Waals surface area contributed by atoms with E-state index in [0.29, 0.717) is 13.2 Å². The third-order valence-electron chi connectivity index (χ3n) is 4.45. The summed E-state index contributed by atoms with van der Waals surface area (Å²) in [6, 6.07) is 8.38. The largest absolute Gasteiger partial charge is 0.377 e. The number of nitrogens with one attached hydrogen (secondary N) is 3. The maximum atomic E-state index is 5.65. The van der Waals surface area contributed by atoms with Crippen LogP contribution in [0.4, 0.5) is 0 Å². The minimum Gasteiger partial charge on any atom is -0.377 e. The van der Waals surface area contributed by atoms with Crippen molar-refractivity contribution in [3.8, 4) is 0 Å². The van der Waals surface area contributed by atoms with Gasteiger partial charge in [-0.15, -0.1) is 0 Å². The summed E-state index contributed by atoms with van der Waals surface area (Å²) in [6.45, 7) is 3.79. The Bertz CT molecular complexity index is 677. The third-order valence-corrected chi connectivity index (χ3v) is 4.45. The second-order valence-corrected chi connectivity index (χ2v) is 6.25. The zero-order chi connectivity index (χ0) is 17.3. The Morgan fingerprint density at radius 3 is 3.04 bits per heavy atom. The van der Waals surface area contributed by atoms with E-state index in [9.17, 15) is 0 Å². The number of H-pyrrole nitrogens is 1. The van der Waals surface area contributed by atoms with E-state index in [0.717, 1.165) is 44.9 Å². The molecule has 0 spiro atoms. The second-order valence-electron chi connectivity index (χ2n) is 6.25. The molecule has 3 N–H and O–H groups in total. The number of ether oxygens (including phenoxy) is 2. The number of hydrogen-bond donors (Lipinski definition) is 3. The molecular formula is C19H28N4O2. The number of benzene rings is 1. The number of rotatable bonds is 8. The van der Waals surface area contributed by atoms with Crippen LogP contribution >= 0.6 is 0 Å². The molecule has 1 aliphatic heterocycles. The third kappa shape index (κ3) is 5.21. The van der Waals surface area contributed by atoms with Crippen LogP contribution in [0.5, 0.6) is 0 Å². The quantitative estimate of drug-likeness (QED) is 0.389. The predicted octanol–water partition coefficient (Wildman–Crippen LogP) is 2.07. The lowest BCUT2D eigenvalue weighted by atomic mass is 10.1. The first-order chi connectivity index (χ1) is 12.4. The molecule has 1 atom stereocenters. The molecule has 1 aliphatic rings. The van der Waals surface area contributed by atoms with Gasteiger partial charge < -0.3 is 25.1 Å². The molecule has 6 nitrogen and oxygen atoms in total. The standard InChI is InChI=1S/C19H28N4O2/c1-20-19(22-10-12-24-14-16-5-4-11-25-16)21-9-8-15-13-23-18-7-3-2-6-17(15)18/h2-3,6-7,13,16,23H,4-5,8-12,14H2,1H3,(H2,20,21,22). The van der Waals surface area contributed by atoms with Gasteiger partial charge in [0, 0.05) is 43.8 Å². The van der Waals surface area contributed by atoms with Gasteiger partial charge in [0.2, 0.25) is 0 Å². The number of nitrogens with zero attached hydrogens (tertiary/aromatic N) is 1. The average molecular weight is 344 g/mol. The fourth-order valence-corrected chi connectivity index (χ4v) is 3.11.